The van der Waals surface area contributed by atoms with E-state index in [0.717, 1.165) is 4.57 Å². The van der Waals surface area contributed by atoms with Gasteiger partial charge in [-0.1, -0.05) is 71.7 Å². The molecule has 2 aliphatic heterocycles. The van der Waals surface area contributed by atoms with Gasteiger partial charge >= 0.3 is 11.8 Å². The highest BCUT2D eigenvalue weighted by Crippen LogP contribution is 2.45. The Kier molecular flexibility index (Phi) is 12.9. The number of morpholine rings is 1. The molecular weight excluding hydrogens is 825 g/mol. The molecule has 0 saturated carbocycles. The molecule has 4 heterocycles. The summed E-state index contributed by atoms with van der Waals surface area (Å²) in [5, 5.41) is 0.989. The Morgan fingerprint density at radius 2 is 1.57 bits per heavy atom. The Labute approximate surface area is 368 Å². The summed E-state index contributed by atoms with van der Waals surface area (Å²) in [4.78, 5) is 40.4. The second kappa shape index (κ2) is 17.9. The molecule has 15 heteroatoms. The predicted octanol–water partition coefficient (Wildman–Crippen LogP) is 9.60. The van der Waals surface area contributed by atoms with Gasteiger partial charge in [-0.25, -0.2) is 23.4 Å². The number of carbonyl (C=O) groups excluding carboxylic acids is 1. The number of aryl methyl sites for hydroxylation is 1. The zero-order chi connectivity index (χ0) is 45.5. The summed E-state index contributed by atoms with van der Waals surface area (Å²) in [6, 6.07) is 14.2. The fourth-order valence-electron chi connectivity index (χ4n) is 9.42. The maximum absolute atomic E-state index is 18.1. The summed E-state index contributed by atoms with van der Waals surface area (Å²) in [5.41, 5.74) is 2.93. The van der Waals surface area contributed by atoms with Crippen LogP contribution in [0, 0.1) is 23.1 Å². The number of aromatic nitrogens is 3. The number of pyridine rings is 1. The average molecular weight is 882 g/mol. The van der Waals surface area contributed by atoms with Crippen molar-refractivity contribution in [2.24, 2.45) is 7.05 Å². The van der Waals surface area contributed by atoms with Gasteiger partial charge in [0.2, 0.25) is 5.88 Å². The highest BCUT2D eigenvalue weighted by atomic mass is 28.3. The average Bonchev–Trinajstić information content (AvgIpc) is 3.21. The smallest absolute Gasteiger partial charge is 0.410 e. The molecule has 0 radical (unpaired) electrons. The number of hydrogen-bond donors (Lipinski definition) is 0. The number of carbonyl (C=O) groups is 1. The monoisotopic (exact) mass is 881 g/mol. The second-order valence-corrected chi connectivity index (χ2v) is 23.9. The third-order valence-electron chi connectivity index (χ3n) is 12.2. The van der Waals surface area contributed by atoms with Gasteiger partial charge in [-0.15, -0.1) is 5.54 Å². The number of nitrogens with zero attached hydrogens (tertiary/aromatic N) is 5. The number of benzene rings is 3. The lowest BCUT2D eigenvalue weighted by atomic mass is 9.95. The lowest BCUT2D eigenvalue weighted by Gasteiger charge is -2.50. The molecule has 1 amide bonds. The Morgan fingerprint density at radius 3 is 2.17 bits per heavy atom. The number of anilines is 1. The van der Waals surface area contributed by atoms with E-state index in [4.69, 9.17) is 28.7 Å². The van der Waals surface area contributed by atoms with E-state index >= 15 is 8.78 Å². The number of piperazine rings is 1. The van der Waals surface area contributed by atoms with Crippen molar-refractivity contribution in [3.05, 3.63) is 82.3 Å². The molecule has 12 nitrogen and oxygen atoms in total. The van der Waals surface area contributed by atoms with Crippen LogP contribution >= 0.6 is 0 Å². The normalized spacial score (nSPS) is 16.8. The van der Waals surface area contributed by atoms with Crippen LogP contribution < -0.4 is 20.1 Å². The van der Waals surface area contributed by atoms with E-state index in [1.165, 1.54) is 20.2 Å². The molecule has 3 aromatic carbocycles. The molecule has 0 aliphatic carbocycles. The number of methoxy groups -OCH3 is 1. The molecule has 0 spiro atoms. The van der Waals surface area contributed by atoms with Crippen molar-refractivity contribution in [2.45, 2.75) is 96.6 Å². The van der Waals surface area contributed by atoms with Gasteiger partial charge in [0.1, 0.15) is 47.9 Å². The first kappa shape index (κ1) is 45.5. The first-order valence-electron chi connectivity index (χ1n) is 21.4. The molecule has 2 atom stereocenters. The van der Waals surface area contributed by atoms with Crippen LogP contribution in [0.1, 0.15) is 67.9 Å². The number of fused-ring (bicyclic) bond motifs is 4. The van der Waals surface area contributed by atoms with Gasteiger partial charge in [0, 0.05) is 38.2 Å². The molecule has 5 aromatic rings. The van der Waals surface area contributed by atoms with Crippen LogP contribution in [0.5, 0.6) is 17.4 Å². The van der Waals surface area contributed by atoms with Gasteiger partial charge in [-0.2, -0.15) is 4.98 Å². The second-order valence-electron chi connectivity index (χ2n) is 18.3. The van der Waals surface area contributed by atoms with Crippen molar-refractivity contribution in [3.63, 3.8) is 0 Å². The molecule has 2 aromatic heterocycles. The summed E-state index contributed by atoms with van der Waals surface area (Å²) < 4.78 is 65.2. The Morgan fingerprint density at radius 1 is 0.921 bits per heavy atom. The zero-order valence-corrected chi connectivity index (χ0v) is 39.0. The summed E-state index contributed by atoms with van der Waals surface area (Å²) >= 11 is 0. The predicted molar refractivity (Wildman–Crippen MR) is 243 cm³/mol. The fraction of sp³-hybridized carbons (Fsp3) is 0.458. The lowest BCUT2D eigenvalue weighted by Crippen LogP contribution is -2.66. The van der Waals surface area contributed by atoms with E-state index in [2.05, 4.69) is 58.0 Å². The maximum atomic E-state index is 18.1. The molecule has 2 bridgehead atoms. The van der Waals surface area contributed by atoms with Crippen LogP contribution in [0.25, 0.3) is 32.9 Å². The van der Waals surface area contributed by atoms with Crippen molar-refractivity contribution in [3.8, 4) is 40.1 Å². The Hall–Kier alpha value is -5.56. The van der Waals surface area contributed by atoms with Gasteiger partial charge in [0.15, 0.2) is 12.6 Å². The van der Waals surface area contributed by atoms with Gasteiger partial charge in [-0.3, -0.25) is 4.57 Å². The first-order valence-corrected chi connectivity index (χ1v) is 23.7. The summed E-state index contributed by atoms with van der Waals surface area (Å²) in [7, 11) is 0.544. The minimum atomic E-state index is -2.38. The quantitative estimate of drug-likeness (QED) is 0.0763. The van der Waals surface area contributed by atoms with Crippen molar-refractivity contribution in [1.29, 1.82) is 0 Å². The lowest BCUT2D eigenvalue weighted by molar-refractivity contribution is -0.0106. The van der Waals surface area contributed by atoms with Gasteiger partial charge in [0.25, 0.3) is 0 Å². The van der Waals surface area contributed by atoms with Crippen LogP contribution in [0.15, 0.2) is 59.4 Å². The SMILES string of the molecule is COCOc1cc(-c2nc(Oc3ccccc3)c3c(N4C5COCC4CN(C(=O)OC(C)(C)C)C5)nc(=O)n(C)c3c2F)c2c(C#C[Si](C(C)C)(C(C)C)C(C)C)c(F)ccc2c1. The van der Waals surface area contributed by atoms with Crippen LogP contribution in [-0.2, 0) is 21.3 Å². The van der Waals surface area contributed by atoms with E-state index in [-0.39, 0.29) is 89.1 Å². The minimum absolute atomic E-state index is 0.0505. The largest absolute Gasteiger partial charge is 0.468 e. The van der Waals surface area contributed by atoms with E-state index in [1.807, 2.05) is 11.0 Å². The van der Waals surface area contributed by atoms with E-state index < -0.39 is 49.2 Å². The maximum Gasteiger partial charge on any atom is 0.410 e. The Bertz CT molecular complexity index is 2620. The number of hydrogen-bond acceptors (Lipinski definition) is 10. The van der Waals surface area contributed by atoms with Gasteiger partial charge < -0.3 is 33.5 Å². The summed E-state index contributed by atoms with van der Waals surface area (Å²) in [6.07, 6.45) is -0.471. The van der Waals surface area contributed by atoms with Crippen molar-refractivity contribution >= 4 is 41.7 Å². The molecule has 0 N–H and O–H groups in total. The standard InChI is InChI=1S/C48H57F2N5O7Si/c1-28(2)63(29(3)4,30(5)6)20-19-36-38(49)18-17-31-21-35(60-27-58-11)22-37(39(31)36)42-41(50)43-40(45(51-42)61-34-15-13-12-14-16-34)44(52-46(56)53(43)10)55-32-23-54(24-33(55)26-59-25-32)47(57)62-48(7,8)9/h12-18,21-22,28-30,32-33H,23-27H2,1-11H3. The number of para-hydroxylation sites is 1. The van der Waals surface area contributed by atoms with Gasteiger partial charge in [-0.05, 0) is 73.1 Å². The molecule has 2 aliphatic rings. The summed E-state index contributed by atoms with van der Waals surface area (Å²) in [5.74, 6) is 2.66. The molecule has 7 rings (SSSR count). The third-order valence-corrected chi connectivity index (χ3v) is 18.4. The number of rotatable bonds is 10. The summed E-state index contributed by atoms with van der Waals surface area (Å²) in [6.45, 7) is 19.2. The van der Waals surface area contributed by atoms with E-state index in [1.54, 1.807) is 68.1 Å². The molecule has 334 valence electrons. The van der Waals surface area contributed by atoms with E-state index in [9.17, 15) is 9.59 Å². The van der Waals surface area contributed by atoms with Crippen molar-refractivity contribution in [1.82, 2.24) is 19.4 Å². The molecule has 2 saturated heterocycles. The third kappa shape index (κ3) is 8.73. The van der Waals surface area contributed by atoms with Gasteiger partial charge in [0.05, 0.1) is 36.4 Å². The first-order chi connectivity index (χ1) is 29.9. The van der Waals surface area contributed by atoms with Crippen LogP contribution in [-0.4, -0.2) is 91.5 Å². The molecule has 2 unspecified atom stereocenters. The topological polar surface area (TPSA) is 117 Å². The highest BCUT2D eigenvalue weighted by molar-refractivity contribution is 6.90. The molecule has 2 fully saturated rings. The fourth-order valence-corrected chi connectivity index (χ4v) is 14.6. The zero-order valence-electron chi connectivity index (χ0n) is 38.0. The minimum Gasteiger partial charge on any atom is -0.468 e. The van der Waals surface area contributed by atoms with Crippen LogP contribution in [0.2, 0.25) is 16.6 Å². The Balaban J connectivity index is 1.53. The van der Waals surface area contributed by atoms with E-state index in [0.29, 0.717) is 22.3 Å². The van der Waals surface area contributed by atoms with Crippen LogP contribution in [0.4, 0.5) is 19.4 Å². The van der Waals surface area contributed by atoms with Crippen molar-refractivity contribution in [2.75, 3.05) is 45.1 Å². The number of halogens is 2. The van der Waals surface area contributed by atoms with Crippen LogP contribution in [0.3, 0.4) is 0 Å². The number of ether oxygens (including phenoxy) is 5. The highest BCUT2D eigenvalue weighted by Gasteiger charge is 2.44. The molecular formula is C48H57F2N5O7Si. The molecule has 63 heavy (non-hydrogen) atoms. The van der Waals surface area contributed by atoms with Crippen molar-refractivity contribution < 1.29 is 37.3 Å². The number of amides is 1.